The highest BCUT2D eigenvalue weighted by atomic mass is 35.5. The van der Waals surface area contributed by atoms with E-state index in [1.54, 1.807) is 6.07 Å². The minimum atomic E-state index is -3.97. The zero-order valence-corrected chi connectivity index (χ0v) is 12.3. The van der Waals surface area contributed by atoms with E-state index < -0.39 is 10.0 Å². The molecule has 0 spiro atoms. The Morgan fingerprint density at radius 1 is 1.00 bits per heavy atom. The highest BCUT2D eigenvalue weighted by Crippen LogP contribution is 2.34. The van der Waals surface area contributed by atoms with Gasteiger partial charge >= 0.3 is 0 Å². The third-order valence-corrected chi connectivity index (χ3v) is 3.85. The van der Waals surface area contributed by atoms with Gasteiger partial charge in [-0.2, -0.15) is 0 Å². The molecule has 0 radical (unpaired) electrons. The van der Waals surface area contributed by atoms with E-state index in [2.05, 4.69) is 0 Å². The minimum Gasteiger partial charge on any atom is -0.454 e. The second-order valence-electron chi connectivity index (χ2n) is 3.93. The van der Waals surface area contributed by atoms with Gasteiger partial charge in [-0.25, -0.2) is 13.6 Å². The molecule has 20 heavy (non-hydrogen) atoms. The van der Waals surface area contributed by atoms with Crippen molar-refractivity contribution in [3.05, 3.63) is 46.4 Å². The van der Waals surface area contributed by atoms with Crippen molar-refractivity contribution in [3.63, 3.8) is 0 Å². The van der Waals surface area contributed by atoms with Crippen molar-refractivity contribution in [1.29, 1.82) is 0 Å². The molecule has 0 aliphatic rings. The van der Waals surface area contributed by atoms with Gasteiger partial charge < -0.3 is 10.5 Å². The number of rotatable bonds is 3. The van der Waals surface area contributed by atoms with Crippen LogP contribution in [0.15, 0.2) is 41.3 Å². The molecule has 2 aromatic rings. The lowest BCUT2D eigenvalue weighted by Crippen LogP contribution is -2.13. The average Bonchev–Trinajstić information content (AvgIpc) is 2.33. The van der Waals surface area contributed by atoms with Gasteiger partial charge in [0.1, 0.15) is 16.4 Å². The monoisotopic (exact) mass is 332 g/mol. The van der Waals surface area contributed by atoms with E-state index in [-0.39, 0.29) is 27.1 Å². The Balaban J connectivity index is 2.49. The topological polar surface area (TPSA) is 95.4 Å². The SMILES string of the molecule is Nc1ccc(Oc2ccc(Cl)cc2Cl)c(S(N)(=O)=O)c1. The molecular weight excluding hydrogens is 323 g/mol. The quantitative estimate of drug-likeness (QED) is 0.844. The van der Waals surface area contributed by atoms with Crippen LogP contribution in [0, 0.1) is 0 Å². The maximum absolute atomic E-state index is 11.5. The maximum atomic E-state index is 11.5. The summed E-state index contributed by atoms with van der Waals surface area (Å²) in [5.41, 5.74) is 5.80. The second kappa shape index (κ2) is 5.49. The van der Waals surface area contributed by atoms with E-state index in [9.17, 15) is 8.42 Å². The summed E-state index contributed by atoms with van der Waals surface area (Å²) in [5, 5.41) is 5.81. The summed E-state index contributed by atoms with van der Waals surface area (Å²) in [6.45, 7) is 0. The fourth-order valence-corrected chi connectivity index (χ4v) is 2.65. The van der Waals surface area contributed by atoms with Gasteiger partial charge in [-0.15, -0.1) is 0 Å². The van der Waals surface area contributed by atoms with E-state index in [0.29, 0.717) is 5.02 Å². The number of anilines is 1. The molecule has 0 amide bonds. The first-order chi connectivity index (χ1) is 9.27. The Morgan fingerprint density at radius 3 is 2.25 bits per heavy atom. The lowest BCUT2D eigenvalue weighted by atomic mass is 10.3. The lowest BCUT2D eigenvalue weighted by molar-refractivity contribution is 0.468. The highest BCUT2D eigenvalue weighted by molar-refractivity contribution is 7.89. The van der Waals surface area contributed by atoms with Crippen LogP contribution in [0.2, 0.25) is 10.0 Å². The summed E-state index contributed by atoms with van der Waals surface area (Å²) < 4.78 is 28.5. The fourth-order valence-electron chi connectivity index (χ4n) is 1.51. The number of halogens is 2. The van der Waals surface area contributed by atoms with Gasteiger partial charge in [0.15, 0.2) is 0 Å². The molecule has 0 aliphatic carbocycles. The first-order valence-electron chi connectivity index (χ1n) is 5.32. The molecule has 0 saturated carbocycles. The van der Waals surface area contributed by atoms with Crippen LogP contribution in [0.5, 0.6) is 11.5 Å². The molecule has 0 aliphatic heterocycles. The number of primary sulfonamides is 1. The zero-order valence-electron chi connectivity index (χ0n) is 10.0. The summed E-state index contributed by atoms with van der Waals surface area (Å²) >= 11 is 11.7. The number of sulfonamides is 1. The van der Waals surface area contributed by atoms with E-state index in [1.165, 1.54) is 30.3 Å². The van der Waals surface area contributed by atoms with Crippen LogP contribution in [0.1, 0.15) is 0 Å². The second-order valence-corrected chi connectivity index (χ2v) is 6.30. The maximum Gasteiger partial charge on any atom is 0.241 e. The molecule has 0 saturated heterocycles. The van der Waals surface area contributed by atoms with Crippen molar-refractivity contribution in [2.75, 3.05) is 5.73 Å². The number of nitrogen functional groups attached to an aromatic ring is 1. The summed E-state index contributed by atoms with van der Waals surface area (Å²) in [6, 6.07) is 8.68. The first kappa shape index (κ1) is 14.9. The predicted octanol–water partition coefficient (Wildman–Crippen LogP) is 3.02. The van der Waals surface area contributed by atoms with Gasteiger partial charge in [-0.05, 0) is 36.4 Å². The molecule has 5 nitrogen and oxygen atoms in total. The van der Waals surface area contributed by atoms with Crippen molar-refractivity contribution < 1.29 is 13.2 Å². The van der Waals surface area contributed by atoms with Crippen molar-refractivity contribution in [3.8, 4) is 11.5 Å². The number of benzene rings is 2. The first-order valence-corrected chi connectivity index (χ1v) is 7.63. The van der Waals surface area contributed by atoms with Gasteiger partial charge in [0, 0.05) is 10.7 Å². The molecule has 0 fully saturated rings. The lowest BCUT2D eigenvalue weighted by Gasteiger charge is -2.11. The normalized spacial score (nSPS) is 11.3. The third-order valence-electron chi connectivity index (χ3n) is 2.39. The highest BCUT2D eigenvalue weighted by Gasteiger charge is 2.17. The van der Waals surface area contributed by atoms with E-state index >= 15 is 0 Å². The van der Waals surface area contributed by atoms with E-state index in [1.807, 2.05) is 0 Å². The number of ether oxygens (including phenoxy) is 1. The zero-order chi connectivity index (χ0) is 14.9. The largest absolute Gasteiger partial charge is 0.454 e. The van der Waals surface area contributed by atoms with Gasteiger partial charge in [0.25, 0.3) is 0 Å². The summed E-state index contributed by atoms with van der Waals surface area (Å²) in [6.07, 6.45) is 0. The van der Waals surface area contributed by atoms with Crippen molar-refractivity contribution in [2.24, 2.45) is 5.14 Å². The molecule has 8 heteroatoms. The third kappa shape index (κ3) is 3.34. The van der Waals surface area contributed by atoms with Crippen LogP contribution < -0.4 is 15.6 Å². The number of nitrogens with two attached hydrogens (primary N) is 2. The van der Waals surface area contributed by atoms with Crippen molar-refractivity contribution in [1.82, 2.24) is 0 Å². The molecule has 2 rings (SSSR count). The van der Waals surface area contributed by atoms with Crippen LogP contribution in [-0.4, -0.2) is 8.42 Å². The molecule has 106 valence electrons. The Bertz CT molecular complexity index is 763. The Kier molecular flexibility index (Phi) is 4.10. The molecule has 0 bridgehead atoms. The molecular formula is C12H10Cl2N2O3S. The summed E-state index contributed by atoms with van der Waals surface area (Å²) in [5.74, 6) is 0.289. The minimum absolute atomic E-state index is 0.0333. The van der Waals surface area contributed by atoms with Crippen LogP contribution in [0.25, 0.3) is 0 Å². The van der Waals surface area contributed by atoms with Gasteiger partial charge in [0.2, 0.25) is 10.0 Å². The summed E-state index contributed by atoms with van der Waals surface area (Å²) in [4.78, 5) is -0.219. The van der Waals surface area contributed by atoms with Crippen molar-refractivity contribution in [2.45, 2.75) is 4.90 Å². The number of hydrogen-bond donors (Lipinski definition) is 2. The average molecular weight is 333 g/mol. The number of hydrogen-bond acceptors (Lipinski definition) is 4. The molecule has 2 aromatic carbocycles. The molecule has 0 aromatic heterocycles. The smallest absolute Gasteiger partial charge is 0.241 e. The van der Waals surface area contributed by atoms with Gasteiger partial charge in [0.05, 0.1) is 5.02 Å². The van der Waals surface area contributed by atoms with Crippen LogP contribution in [0.4, 0.5) is 5.69 Å². The molecule has 0 heterocycles. The molecule has 0 unspecified atom stereocenters. The van der Waals surface area contributed by atoms with E-state index in [0.717, 1.165) is 0 Å². The van der Waals surface area contributed by atoms with Crippen molar-refractivity contribution >= 4 is 38.9 Å². The Hall–Kier alpha value is -1.47. The summed E-state index contributed by atoms with van der Waals surface area (Å²) in [7, 11) is -3.97. The van der Waals surface area contributed by atoms with E-state index in [4.69, 9.17) is 38.8 Å². The Labute approximate surface area is 126 Å². The van der Waals surface area contributed by atoms with Gasteiger partial charge in [-0.1, -0.05) is 23.2 Å². The Morgan fingerprint density at radius 2 is 1.65 bits per heavy atom. The fraction of sp³-hybridized carbons (Fsp3) is 0. The molecule has 4 N–H and O–H groups in total. The predicted molar refractivity (Wildman–Crippen MR) is 78.8 cm³/mol. The van der Waals surface area contributed by atoms with Crippen LogP contribution in [-0.2, 0) is 10.0 Å². The molecule has 0 atom stereocenters. The van der Waals surface area contributed by atoms with Gasteiger partial charge in [-0.3, -0.25) is 0 Å². The standard InChI is InChI=1S/C12H10Cl2N2O3S/c13-7-1-3-10(9(14)5-7)19-11-4-2-8(15)6-12(11)20(16,17)18/h1-6H,15H2,(H2,16,17,18). The van der Waals surface area contributed by atoms with Crippen LogP contribution >= 0.6 is 23.2 Å². The van der Waals surface area contributed by atoms with Crippen LogP contribution in [0.3, 0.4) is 0 Å².